The molecular weight excluding hydrogens is 268 g/mol. The summed E-state index contributed by atoms with van der Waals surface area (Å²) >= 11 is 0. The van der Waals surface area contributed by atoms with Gasteiger partial charge in [-0.05, 0) is 19.4 Å². The summed E-state index contributed by atoms with van der Waals surface area (Å²) in [5, 5.41) is 11.0. The fourth-order valence-electron chi connectivity index (χ4n) is 2.28. The number of nitrogens with zero attached hydrogens (tertiary/aromatic N) is 1. The van der Waals surface area contributed by atoms with Gasteiger partial charge >= 0.3 is 0 Å². The number of nitro groups is 1. The first-order valence-electron chi connectivity index (χ1n) is 6.83. The minimum atomic E-state index is -0.378. The quantitative estimate of drug-likeness (QED) is 0.653. The summed E-state index contributed by atoms with van der Waals surface area (Å²) in [4.78, 5) is 10.7. The molecule has 0 saturated carbocycles. The Kier molecular flexibility index (Phi) is 4.90. The van der Waals surface area contributed by atoms with Crippen molar-refractivity contribution in [2.24, 2.45) is 5.73 Å². The fourth-order valence-corrected chi connectivity index (χ4v) is 2.28. The second-order valence-corrected chi connectivity index (χ2v) is 4.67. The van der Waals surface area contributed by atoms with Gasteiger partial charge in [-0.2, -0.15) is 0 Å². The van der Waals surface area contributed by atoms with Gasteiger partial charge in [-0.25, -0.2) is 0 Å². The van der Waals surface area contributed by atoms with Gasteiger partial charge in [0.25, 0.3) is 5.69 Å². The smallest absolute Gasteiger partial charge is 0.272 e. The predicted molar refractivity (Wildman–Crippen MR) is 81.3 cm³/mol. The molecule has 21 heavy (non-hydrogen) atoms. The zero-order valence-corrected chi connectivity index (χ0v) is 11.9. The van der Waals surface area contributed by atoms with Crippen LogP contribution in [-0.4, -0.2) is 11.5 Å². The highest BCUT2D eigenvalue weighted by Crippen LogP contribution is 2.28. The third-order valence-corrected chi connectivity index (χ3v) is 3.25. The van der Waals surface area contributed by atoms with Crippen molar-refractivity contribution >= 4 is 5.69 Å². The molecule has 2 aromatic rings. The Morgan fingerprint density at radius 2 is 1.86 bits per heavy atom. The van der Waals surface area contributed by atoms with Crippen LogP contribution in [0.2, 0.25) is 0 Å². The molecular formula is C16H18N2O3. The van der Waals surface area contributed by atoms with Gasteiger partial charge in [0.05, 0.1) is 11.5 Å². The molecule has 0 aliphatic heterocycles. The van der Waals surface area contributed by atoms with E-state index in [4.69, 9.17) is 10.5 Å². The highest BCUT2D eigenvalue weighted by Gasteiger charge is 2.18. The summed E-state index contributed by atoms with van der Waals surface area (Å²) in [5.41, 5.74) is 7.81. The number of rotatable bonds is 6. The largest absolute Gasteiger partial charge is 0.494 e. The lowest BCUT2D eigenvalue weighted by molar-refractivity contribution is -0.385. The molecule has 1 unspecified atom stereocenters. The van der Waals surface area contributed by atoms with Crippen LogP contribution in [0.5, 0.6) is 5.75 Å². The summed E-state index contributed by atoms with van der Waals surface area (Å²) in [6.07, 6.45) is 0.390. The second kappa shape index (κ2) is 6.85. The number of nitrogens with two attached hydrogens (primary N) is 1. The fraction of sp³-hybridized carbons (Fsp3) is 0.250. The van der Waals surface area contributed by atoms with Crippen molar-refractivity contribution in [1.82, 2.24) is 0 Å². The molecule has 0 saturated heterocycles. The van der Waals surface area contributed by atoms with E-state index in [0.717, 1.165) is 11.3 Å². The van der Waals surface area contributed by atoms with Crippen LogP contribution < -0.4 is 10.5 Å². The maximum atomic E-state index is 11.0. The number of hydrogen-bond donors (Lipinski definition) is 1. The Hall–Kier alpha value is -2.40. The predicted octanol–water partition coefficient (Wildman–Crippen LogP) is 3.24. The molecule has 0 radical (unpaired) electrons. The highest BCUT2D eigenvalue weighted by atomic mass is 16.6. The Bertz CT molecular complexity index is 628. The summed E-state index contributed by atoms with van der Waals surface area (Å²) in [6.45, 7) is 2.46. The average molecular weight is 286 g/mol. The van der Waals surface area contributed by atoms with E-state index in [1.807, 2.05) is 31.2 Å². The minimum absolute atomic E-state index is 0.0989. The maximum absolute atomic E-state index is 11.0. The highest BCUT2D eigenvalue weighted by molar-refractivity contribution is 5.43. The molecule has 2 rings (SSSR count). The first-order valence-corrected chi connectivity index (χ1v) is 6.83. The zero-order valence-electron chi connectivity index (χ0n) is 11.9. The van der Waals surface area contributed by atoms with Gasteiger partial charge in [-0.3, -0.25) is 10.1 Å². The van der Waals surface area contributed by atoms with Gasteiger partial charge < -0.3 is 10.5 Å². The van der Waals surface area contributed by atoms with Crippen LogP contribution in [0.1, 0.15) is 24.1 Å². The monoisotopic (exact) mass is 286 g/mol. The first kappa shape index (κ1) is 15.0. The minimum Gasteiger partial charge on any atom is -0.494 e. The molecule has 0 aliphatic carbocycles. The summed E-state index contributed by atoms with van der Waals surface area (Å²) in [5.74, 6) is 0.728. The van der Waals surface area contributed by atoms with Crippen molar-refractivity contribution < 1.29 is 9.66 Å². The second-order valence-electron chi connectivity index (χ2n) is 4.67. The van der Waals surface area contributed by atoms with E-state index in [9.17, 15) is 10.1 Å². The molecule has 0 aliphatic rings. The average Bonchev–Trinajstić information content (AvgIpc) is 2.48. The first-order chi connectivity index (χ1) is 10.1. The molecule has 0 heterocycles. The van der Waals surface area contributed by atoms with Gasteiger partial charge in [0.1, 0.15) is 5.75 Å². The summed E-state index contributed by atoms with van der Waals surface area (Å²) in [7, 11) is 0. The van der Waals surface area contributed by atoms with Crippen molar-refractivity contribution in [2.45, 2.75) is 19.4 Å². The number of benzene rings is 2. The Morgan fingerprint density at radius 3 is 2.57 bits per heavy atom. The van der Waals surface area contributed by atoms with Crippen molar-refractivity contribution in [3.63, 3.8) is 0 Å². The van der Waals surface area contributed by atoms with Crippen LogP contribution >= 0.6 is 0 Å². The zero-order chi connectivity index (χ0) is 15.2. The van der Waals surface area contributed by atoms with Crippen LogP contribution in [0.25, 0.3) is 0 Å². The molecule has 0 bridgehead atoms. The van der Waals surface area contributed by atoms with Crippen molar-refractivity contribution in [1.29, 1.82) is 0 Å². The third-order valence-electron chi connectivity index (χ3n) is 3.25. The van der Waals surface area contributed by atoms with Gasteiger partial charge in [-0.15, -0.1) is 0 Å². The molecule has 1 atom stereocenters. The maximum Gasteiger partial charge on any atom is 0.272 e. The SMILES string of the molecule is CCOc1ccccc1C(N)Cc1ccccc1[N+](=O)[O-]. The number of para-hydroxylation sites is 2. The van der Waals surface area contributed by atoms with Crippen molar-refractivity contribution in [3.8, 4) is 5.75 Å². The molecule has 2 aromatic carbocycles. The summed E-state index contributed by atoms with van der Waals surface area (Å²) < 4.78 is 5.56. The van der Waals surface area contributed by atoms with Crippen LogP contribution in [0.3, 0.4) is 0 Å². The number of hydrogen-bond acceptors (Lipinski definition) is 4. The lowest BCUT2D eigenvalue weighted by atomic mass is 9.98. The third kappa shape index (κ3) is 3.58. The van der Waals surface area contributed by atoms with Gasteiger partial charge in [0, 0.05) is 23.2 Å². The Morgan fingerprint density at radius 1 is 1.19 bits per heavy atom. The van der Waals surface area contributed by atoms with Gasteiger partial charge in [0.15, 0.2) is 0 Å². The normalized spacial score (nSPS) is 11.9. The van der Waals surface area contributed by atoms with E-state index in [1.165, 1.54) is 6.07 Å². The van der Waals surface area contributed by atoms with Crippen LogP contribution in [0.15, 0.2) is 48.5 Å². The van der Waals surface area contributed by atoms with E-state index in [0.29, 0.717) is 18.6 Å². The van der Waals surface area contributed by atoms with E-state index in [1.54, 1.807) is 18.2 Å². The molecule has 0 amide bonds. The molecule has 0 fully saturated rings. The lowest BCUT2D eigenvalue weighted by Gasteiger charge is -2.16. The molecule has 5 heteroatoms. The van der Waals surface area contributed by atoms with Gasteiger partial charge in [0.2, 0.25) is 0 Å². The Labute approximate surface area is 123 Å². The van der Waals surface area contributed by atoms with E-state index >= 15 is 0 Å². The van der Waals surface area contributed by atoms with Crippen molar-refractivity contribution in [3.05, 3.63) is 69.8 Å². The molecule has 2 N–H and O–H groups in total. The van der Waals surface area contributed by atoms with Gasteiger partial charge in [-0.1, -0.05) is 36.4 Å². The number of ether oxygens (including phenoxy) is 1. The molecule has 0 spiro atoms. The van der Waals surface area contributed by atoms with Crippen molar-refractivity contribution in [2.75, 3.05) is 6.61 Å². The van der Waals surface area contributed by atoms with Crippen LogP contribution in [-0.2, 0) is 6.42 Å². The molecule has 0 aromatic heterocycles. The standard InChI is InChI=1S/C16H18N2O3/c1-2-21-16-10-6-4-8-13(16)14(17)11-12-7-3-5-9-15(12)18(19)20/h3-10,14H,2,11,17H2,1H3. The van der Waals surface area contributed by atoms with Crippen LogP contribution in [0.4, 0.5) is 5.69 Å². The topological polar surface area (TPSA) is 78.4 Å². The van der Waals surface area contributed by atoms with E-state index < -0.39 is 0 Å². The number of nitro benzene ring substituents is 1. The van der Waals surface area contributed by atoms with Crippen LogP contribution in [0, 0.1) is 10.1 Å². The Balaban J connectivity index is 2.26. The van der Waals surface area contributed by atoms with E-state index in [-0.39, 0.29) is 16.7 Å². The molecule has 110 valence electrons. The summed E-state index contributed by atoms with van der Waals surface area (Å²) in [6, 6.07) is 13.8. The lowest BCUT2D eigenvalue weighted by Crippen LogP contribution is -2.15. The molecule has 5 nitrogen and oxygen atoms in total. The van der Waals surface area contributed by atoms with E-state index in [2.05, 4.69) is 0 Å².